The molecule has 1 heterocycles. The predicted molar refractivity (Wildman–Crippen MR) is 79.0 cm³/mol. The van der Waals surface area contributed by atoms with Gasteiger partial charge in [-0.05, 0) is 25.0 Å². The summed E-state index contributed by atoms with van der Waals surface area (Å²) < 4.78 is 53.5. The summed E-state index contributed by atoms with van der Waals surface area (Å²) in [4.78, 5) is 2.00. The zero-order chi connectivity index (χ0) is 16.0. The van der Waals surface area contributed by atoms with Crippen LogP contribution in [0, 0.1) is 0 Å². The van der Waals surface area contributed by atoms with Gasteiger partial charge in [-0.15, -0.1) is 4.31 Å². The highest BCUT2D eigenvalue weighted by Crippen LogP contribution is 2.53. The Morgan fingerprint density at radius 1 is 1.09 bits per heavy atom. The molecule has 0 bridgehead atoms. The lowest BCUT2D eigenvalue weighted by molar-refractivity contribution is -0.199. The molecule has 3 rings (SSSR count). The van der Waals surface area contributed by atoms with Gasteiger partial charge in [0.2, 0.25) is 0 Å². The molecular weight excluding hydrogens is 337 g/mol. The molecule has 3 nitrogen and oxygen atoms in total. The Kier molecular flexibility index (Phi) is 4.37. The molecule has 0 spiro atoms. The Labute approximate surface area is 135 Å². The zero-order valence-electron chi connectivity index (χ0n) is 11.8. The van der Waals surface area contributed by atoms with Crippen LogP contribution >= 0.6 is 11.6 Å². The molecule has 0 aromatic heterocycles. The smallest absolute Gasteiger partial charge is 0.406 e. The van der Waals surface area contributed by atoms with Gasteiger partial charge in [-0.1, -0.05) is 23.7 Å². The van der Waals surface area contributed by atoms with Gasteiger partial charge in [-0.3, -0.25) is 4.90 Å². The highest BCUT2D eigenvalue weighted by Gasteiger charge is 2.66. The van der Waals surface area contributed by atoms with Gasteiger partial charge in [0, 0.05) is 13.1 Å². The number of halogens is 4. The van der Waals surface area contributed by atoms with Crippen LogP contribution in [-0.2, 0) is 11.4 Å². The second-order valence-electron chi connectivity index (χ2n) is 5.62. The summed E-state index contributed by atoms with van der Waals surface area (Å²) in [6.45, 7) is 1.23. The number of piperazine rings is 1. The number of hydrogen-bond acceptors (Lipinski definition) is 3. The molecule has 2 aliphatic rings. The second-order valence-corrected chi connectivity index (χ2v) is 7.49. The molecule has 22 heavy (non-hydrogen) atoms. The lowest BCUT2D eigenvalue weighted by atomic mass is 10.2. The topological polar surface area (TPSA) is 29.5 Å². The molecule has 8 heteroatoms. The maximum Gasteiger partial charge on any atom is 0.406 e. The minimum absolute atomic E-state index is 0.171. The van der Waals surface area contributed by atoms with Crippen LogP contribution in [0.3, 0.4) is 0 Å². The highest BCUT2D eigenvalue weighted by molar-refractivity contribution is 7.89. The van der Waals surface area contributed by atoms with Gasteiger partial charge in [0.15, 0.2) is 4.90 Å². The number of hydrogen-bond donors (Lipinski definition) is 0. The average molecular weight is 353 g/mol. The third-order valence-corrected chi connectivity index (χ3v) is 6.36. The molecule has 1 saturated carbocycles. The minimum Gasteiger partial charge on any atom is -0.593 e. The van der Waals surface area contributed by atoms with Gasteiger partial charge in [-0.2, -0.15) is 13.2 Å². The third-order valence-electron chi connectivity index (χ3n) is 4.35. The molecule has 1 aliphatic heterocycles. The number of alkyl halides is 3. The van der Waals surface area contributed by atoms with Crippen molar-refractivity contribution in [2.75, 3.05) is 26.2 Å². The molecule has 2 fully saturated rings. The first-order valence-corrected chi connectivity index (χ1v) is 8.57. The lowest BCUT2D eigenvalue weighted by Gasteiger charge is -2.39. The summed E-state index contributed by atoms with van der Waals surface area (Å²) in [6.07, 6.45) is -3.84. The molecule has 0 amide bonds. The van der Waals surface area contributed by atoms with Crippen LogP contribution in [0.1, 0.15) is 12.8 Å². The first kappa shape index (κ1) is 16.4. The van der Waals surface area contributed by atoms with Crippen LogP contribution in [0.25, 0.3) is 0 Å². The van der Waals surface area contributed by atoms with Crippen LogP contribution in [0.4, 0.5) is 13.2 Å². The van der Waals surface area contributed by atoms with E-state index in [0.717, 1.165) is 0 Å². The first-order chi connectivity index (χ1) is 10.3. The van der Waals surface area contributed by atoms with E-state index in [9.17, 15) is 17.7 Å². The van der Waals surface area contributed by atoms with E-state index in [1.54, 1.807) is 28.6 Å². The van der Waals surface area contributed by atoms with Crippen molar-refractivity contribution in [2.24, 2.45) is 0 Å². The van der Waals surface area contributed by atoms with E-state index in [0.29, 0.717) is 23.0 Å². The Morgan fingerprint density at radius 3 is 2.18 bits per heavy atom. The van der Waals surface area contributed by atoms with Gasteiger partial charge in [-0.25, -0.2) is 0 Å². The normalized spacial score (nSPS) is 24.2. The highest BCUT2D eigenvalue weighted by atomic mass is 35.5. The quantitative estimate of drug-likeness (QED) is 0.783. The monoisotopic (exact) mass is 352 g/mol. The number of rotatable bonds is 3. The van der Waals surface area contributed by atoms with E-state index in [1.165, 1.54) is 4.90 Å². The van der Waals surface area contributed by atoms with Gasteiger partial charge >= 0.3 is 6.18 Å². The summed E-state index contributed by atoms with van der Waals surface area (Å²) in [5.74, 6) is 0. The third kappa shape index (κ3) is 2.85. The van der Waals surface area contributed by atoms with Crippen LogP contribution in [-0.4, -0.2) is 51.7 Å². The Balaban J connectivity index is 1.64. The minimum atomic E-state index is -4.18. The number of nitrogens with zero attached hydrogens (tertiary/aromatic N) is 2. The van der Waals surface area contributed by atoms with Gasteiger partial charge in [0.25, 0.3) is 0 Å². The summed E-state index contributed by atoms with van der Waals surface area (Å²) in [6, 6.07) is 6.84. The molecule has 1 aliphatic carbocycles. The van der Waals surface area contributed by atoms with Crippen LogP contribution in [0.2, 0.25) is 5.02 Å². The van der Waals surface area contributed by atoms with E-state index in [4.69, 9.17) is 11.6 Å². The van der Waals surface area contributed by atoms with E-state index in [-0.39, 0.29) is 25.9 Å². The van der Waals surface area contributed by atoms with Crippen molar-refractivity contribution < 1.29 is 17.7 Å². The molecule has 1 aromatic rings. The SMILES string of the molecule is [O-][S+](c1ccccc1Cl)N1CCN(C2(C(F)(F)F)CC2)CC1. The maximum atomic E-state index is 13.1. The van der Waals surface area contributed by atoms with Crippen LogP contribution in [0.15, 0.2) is 29.2 Å². The van der Waals surface area contributed by atoms with E-state index >= 15 is 0 Å². The zero-order valence-corrected chi connectivity index (χ0v) is 13.3. The van der Waals surface area contributed by atoms with Gasteiger partial charge in [0.05, 0.1) is 29.5 Å². The van der Waals surface area contributed by atoms with Crippen molar-refractivity contribution >= 4 is 23.0 Å². The maximum absolute atomic E-state index is 13.1. The molecule has 1 saturated heterocycles. The molecule has 0 radical (unpaired) electrons. The average Bonchev–Trinajstić information content (AvgIpc) is 3.28. The van der Waals surface area contributed by atoms with Crippen molar-refractivity contribution in [1.29, 1.82) is 0 Å². The molecular formula is C14H16ClF3N2OS. The Hall–Kier alpha value is -0.470. The molecule has 1 unspecified atom stereocenters. The Bertz CT molecular complexity index is 545. The molecule has 1 aromatic carbocycles. The van der Waals surface area contributed by atoms with Crippen molar-refractivity contribution in [3.63, 3.8) is 0 Å². The van der Waals surface area contributed by atoms with Crippen LogP contribution < -0.4 is 0 Å². The molecule has 0 N–H and O–H groups in total. The van der Waals surface area contributed by atoms with E-state index in [1.807, 2.05) is 0 Å². The summed E-state index contributed by atoms with van der Waals surface area (Å²) in [5, 5.41) is 0.414. The van der Waals surface area contributed by atoms with Gasteiger partial charge in [0.1, 0.15) is 5.54 Å². The largest absolute Gasteiger partial charge is 0.593 e. The van der Waals surface area contributed by atoms with Crippen LogP contribution in [0.5, 0.6) is 0 Å². The van der Waals surface area contributed by atoms with Gasteiger partial charge < -0.3 is 4.55 Å². The predicted octanol–water partition coefficient (Wildman–Crippen LogP) is 3.08. The fourth-order valence-electron chi connectivity index (χ4n) is 2.90. The second kappa shape index (κ2) is 5.87. The molecule has 1 atom stereocenters. The number of benzene rings is 1. The summed E-state index contributed by atoms with van der Waals surface area (Å²) >= 11 is 4.60. The molecule has 122 valence electrons. The van der Waals surface area contributed by atoms with Crippen molar-refractivity contribution in [3.8, 4) is 0 Å². The standard InChI is InChI=1S/C14H16ClF3N2OS/c15-11-3-1-2-4-12(11)22(21)20-9-7-19(8-10-20)13(5-6-13)14(16,17)18/h1-4H,5-10H2. The van der Waals surface area contributed by atoms with Crippen molar-refractivity contribution in [3.05, 3.63) is 29.3 Å². The lowest BCUT2D eigenvalue weighted by Crippen LogP contribution is -2.57. The summed E-state index contributed by atoms with van der Waals surface area (Å²) in [7, 11) is 0. The Morgan fingerprint density at radius 2 is 1.68 bits per heavy atom. The van der Waals surface area contributed by atoms with E-state index in [2.05, 4.69) is 0 Å². The fourth-order valence-corrected chi connectivity index (χ4v) is 4.44. The van der Waals surface area contributed by atoms with E-state index < -0.39 is 23.1 Å². The van der Waals surface area contributed by atoms with Crippen molar-refractivity contribution in [1.82, 2.24) is 9.21 Å². The first-order valence-electron chi connectivity index (χ1n) is 7.08. The van der Waals surface area contributed by atoms with Crippen molar-refractivity contribution in [2.45, 2.75) is 29.5 Å². The summed E-state index contributed by atoms with van der Waals surface area (Å²) in [5.41, 5.74) is -1.63. The fraction of sp³-hybridized carbons (Fsp3) is 0.571.